The van der Waals surface area contributed by atoms with Gasteiger partial charge >= 0.3 is 5.97 Å². The highest BCUT2D eigenvalue weighted by molar-refractivity contribution is 6.00. The summed E-state index contributed by atoms with van der Waals surface area (Å²) in [4.78, 5) is 42.4. The molecule has 1 aromatic carbocycles. The minimum absolute atomic E-state index is 0.0407. The van der Waals surface area contributed by atoms with E-state index in [4.69, 9.17) is 4.74 Å². The van der Waals surface area contributed by atoms with Gasteiger partial charge in [-0.25, -0.2) is 4.79 Å². The molecule has 0 bridgehead atoms. The first-order valence-corrected chi connectivity index (χ1v) is 9.80. The standard InChI is InChI=1S/C22H27N3O4/c1-14-18(22(28)29-3)15(2)24-19(14)21(27)25-11-7-10-17(13-25)20(26)23-12-16-8-5-4-6-9-16/h4-6,8-9,17,24H,7,10-13H2,1-3H3,(H,23,26). The molecule has 2 aromatic rings. The van der Waals surface area contributed by atoms with Crippen molar-refractivity contribution in [3.8, 4) is 0 Å². The molecule has 0 radical (unpaired) electrons. The molecule has 1 unspecified atom stereocenters. The fraction of sp³-hybridized carbons (Fsp3) is 0.409. The van der Waals surface area contributed by atoms with Gasteiger partial charge in [-0.3, -0.25) is 9.59 Å². The Kier molecular flexibility index (Phi) is 6.36. The number of benzene rings is 1. The number of aromatic amines is 1. The first-order valence-electron chi connectivity index (χ1n) is 9.80. The number of aromatic nitrogens is 1. The van der Waals surface area contributed by atoms with E-state index in [1.54, 1.807) is 18.7 Å². The summed E-state index contributed by atoms with van der Waals surface area (Å²) in [5.41, 5.74) is 3.00. The Morgan fingerprint density at radius 1 is 1.21 bits per heavy atom. The summed E-state index contributed by atoms with van der Waals surface area (Å²) in [6, 6.07) is 9.74. The van der Waals surface area contributed by atoms with Crippen LogP contribution in [0, 0.1) is 19.8 Å². The minimum atomic E-state index is -0.466. The number of nitrogens with zero attached hydrogens (tertiary/aromatic N) is 1. The van der Waals surface area contributed by atoms with Crippen molar-refractivity contribution in [2.45, 2.75) is 33.2 Å². The first-order chi connectivity index (χ1) is 13.9. The summed E-state index contributed by atoms with van der Waals surface area (Å²) in [6.45, 7) is 4.90. The average Bonchev–Trinajstić information content (AvgIpc) is 3.05. The van der Waals surface area contributed by atoms with Crippen LogP contribution in [-0.2, 0) is 16.1 Å². The molecule has 154 valence electrons. The number of nitrogens with one attached hydrogen (secondary N) is 2. The van der Waals surface area contributed by atoms with E-state index in [1.165, 1.54) is 7.11 Å². The Balaban J connectivity index is 1.66. The summed E-state index contributed by atoms with van der Waals surface area (Å²) >= 11 is 0. The van der Waals surface area contributed by atoms with Crippen molar-refractivity contribution in [1.29, 1.82) is 0 Å². The predicted octanol–water partition coefficient (Wildman–Crippen LogP) is 2.59. The van der Waals surface area contributed by atoms with Crippen LogP contribution in [0.1, 0.15) is 50.5 Å². The highest BCUT2D eigenvalue weighted by Crippen LogP contribution is 2.23. The molecular weight excluding hydrogens is 370 g/mol. The molecule has 0 aliphatic carbocycles. The lowest BCUT2D eigenvalue weighted by Gasteiger charge is -2.32. The van der Waals surface area contributed by atoms with E-state index in [2.05, 4.69) is 10.3 Å². The lowest BCUT2D eigenvalue weighted by molar-refractivity contribution is -0.126. The maximum absolute atomic E-state index is 13.1. The molecule has 1 aromatic heterocycles. The fourth-order valence-electron chi connectivity index (χ4n) is 3.84. The Bertz CT molecular complexity index is 904. The number of hydrogen-bond acceptors (Lipinski definition) is 4. The molecule has 2 N–H and O–H groups in total. The Hall–Kier alpha value is -3.09. The molecule has 1 saturated heterocycles. The normalized spacial score (nSPS) is 16.4. The van der Waals surface area contributed by atoms with E-state index in [9.17, 15) is 14.4 Å². The molecule has 0 spiro atoms. The highest BCUT2D eigenvalue weighted by Gasteiger charge is 2.31. The van der Waals surface area contributed by atoms with Crippen molar-refractivity contribution in [2.24, 2.45) is 5.92 Å². The number of ether oxygens (including phenoxy) is 1. The van der Waals surface area contributed by atoms with Crippen LogP contribution in [0.25, 0.3) is 0 Å². The van der Waals surface area contributed by atoms with Crippen LogP contribution in [-0.4, -0.2) is 47.9 Å². The molecule has 1 aliphatic rings. The van der Waals surface area contributed by atoms with Crippen molar-refractivity contribution in [3.63, 3.8) is 0 Å². The van der Waals surface area contributed by atoms with Crippen LogP contribution >= 0.6 is 0 Å². The molecule has 7 nitrogen and oxygen atoms in total. The largest absolute Gasteiger partial charge is 0.465 e. The molecule has 1 atom stereocenters. The second kappa shape index (κ2) is 8.94. The number of aryl methyl sites for hydroxylation is 1. The number of carbonyl (C=O) groups excluding carboxylic acids is 3. The molecule has 1 aliphatic heterocycles. The zero-order chi connectivity index (χ0) is 21.0. The van der Waals surface area contributed by atoms with Crippen LogP contribution < -0.4 is 5.32 Å². The van der Waals surface area contributed by atoms with Crippen LogP contribution in [0.5, 0.6) is 0 Å². The summed E-state index contributed by atoms with van der Waals surface area (Å²) in [5.74, 6) is -0.942. The predicted molar refractivity (Wildman–Crippen MR) is 109 cm³/mol. The smallest absolute Gasteiger partial charge is 0.339 e. The highest BCUT2D eigenvalue weighted by atomic mass is 16.5. The molecule has 3 rings (SSSR count). The number of esters is 1. The lowest BCUT2D eigenvalue weighted by Crippen LogP contribution is -2.45. The van der Waals surface area contributed by atoms with Gasteiger partial charge in [0.15, 0.2) is 0 Å². The number of methoxy groups -OCH3 is 1. The van der Waals surface area contributed by atoms with Crippen LogP contribution in [0.15, 0.2) is 30.3 Å². The Labute approximate surface area is 170 Å². The molecule has 7 heteroatoms. The van der Waals surface area contributed by atoms with Gasteiger partial charge in [-0.2, -0.15) is 0 Å². The van der Waals surface area contributed by atoms with Crippen LogP contribution in [0.2, 0.25) is 0 Å². The third kappa shape index (κ3) is 4.50. The van der Waals surface area contributed by atoms with Crippen molar-refractivity contribution in [3.05, 3.63) is 58.4 Å². The van der Waals surface area contributed by atoms with E-state index >= 15 is 0 Å². The number of amides is 2. The number of hydrogen-bond donors (Lipinski definition) is 2. The third-order valence-electron chi connectivity index (χ3n) is 5.43. The van der Waals surface area contributed by atoms with E-state index in [-0.39, 0.29) is 17.7 Å². The van der Waals surface area contributed by atoms with Gasteiger partial charge in [-0.15, -0.1) is 0 Å². The van der Waals surface area contributed by atoms with Crippen molar-refractivity contribution >= 4 is 17.8 Å². The number of carbonyl (C=O) groups is 3. The van der Waals surface area contributed by atoms with E-state index in [0.717, 1.165) is 18.4 Å². The minimum Gasteiger partial charge on any atom is -0.465 e. The maximum Gasteiger partial charge on any atom is 0.339 e. The SMILES string of the molecule is COC(=O)c1c(C)[nH]c(C(=O)N2CCCC(C(=O)NCc3ccccc3)C2)c1C. The summed E-state index contributed by atoms with van der Waals surface area (Å²) < 4.78 is 4.81. The van der Waals surface area contributed by atoms with Crippen molar-refractivity contribution in [2.75, 3.05) is 20.2 Å². The van der Waals surface area contributed by atoms with E-state index in [1.807, 2.05) is 30.3 Å². The number of likely N-dealkylation sites (tertiary alicyclic amines) is 1. The monoisotopic (exact) mass is 397 g/mol. The van der Waals surface area contributed by atoms with Crippen LogP contribution in [0.3, 0.4) is 0 Å². The summed E-state index contributed by atoms with van der Waals surface area (Å²) in [7, 11) is 1.32. The first kappa shape index (κ1) is 20.6. The summed E-state index contributed by atoms with van der Waals surface area (Å²) in [6.07, 6.45) is 1.51. The van der Waals surface area contributed by atoms with Gasteiger partial charge in [-0.05, 0) is 37.8 Å². The molecule has 0 saturated carbocycles. The second-order valence-electron chi connectivity index (χ2n) is 7.41. The Morgan fingerprint density at radius 3 is 2.62 bits per heavy atom. The van der Waals surface area contributed by atoms with Gasteiger partial charge in [0.1, 0.15) is 5.69 Å². The zero-order valence-electron chi connectivity index (χ0n) is 17.1. The molecule has 2 heterocycles. The van der Waals surface area contributed by atoms with Gasteiger partial charge in [0.05, 0.1) is 18.6 Å². The summed E-state index contributed by atoms with van der Waals surface area (Å²) in [5, 5.41) is 2.97. The van der Waals surface area contributed by atoms with Crippen LogP contribution in [0.4, 0.5) is 0 Å². The number of rotatable bonds is 5. The van der Waals surface area contributed by atoms with Gasteiger partial charge in [-0.1, -0.05) is 30.3 Å². The number of H-pyrrole nitrogens is 1. The number of piperidine rings is 1. The van der Waals surface area contributed by atoms with Gasteiger partial charge < -0.3 is 19.9 Å². The quantitative estimate of drug-likeness (QED) is 0.759. The third-order valence-corrected chi connectivity index (χ3v) is 5.43. The molecule has 2 amide bonds. The van der Waals surface area contributed by atoms with Gasteiger partial charge in [0.25, 0.3) is 5.91 Å². The van der Waals surface area contributed by atoms with Crippen molar-refractivity contribution in [1.82, 2.24) is 15.2 Å². The van der Waals surface area contributed by atoms with E-state index in [0.29, 0.717) is 42.1 Å². The van der Waals surface area contributed by atoms with Gasteiger partial charge in [0, 0.05) is 25.3 Å². The molecule has 1 fully saturated rings. The second-order valence-corrected chi connectivity index (χ2v) is 7.41. The maximum atomic E-state index is 13.1. The molecule has 29 heavy (non-hydrogen) atoms. The fourth-order valence-corrected chi connectivity index (χ4v) is 3.84. The van der Waals surface area contributed by atoms with E-state index < -0.39 is 5.97 Å². The topological polar surface area (TPSA) is 91.5 Å². The Morgan fingerprint density at radius 2 is 1.93 bits per heavy atom. The molecular formula is C22H27N3O4. The zero-order valence-corrected chi connectivity index (χ0v) is 17.1. The lowest BCUT2D eigenvalue weighted by atomic mass is 9.96. The average molecular weight is 397 g/mol. The van der Waals surface area contributed by atoms with Crippen molar-refractivity contribution < 1.29 is 19.1 Å². The van der Waals surface area contributed by atoms with Gasteiger partial charge in [0.2, 0.25) is 5.91 Å².